The van der Waals surface area contributed by atoms with Gasteiger partial charge >= 0.3 is 0 Å². The summed E-state index contributed by atoms with van der Waals surface area (Å²) < 4.78 is 0. The SMILES string of the molecule is Cl.NCCC(=O)N1C(=O)c2c3c(c4[nH]c5ccccc5c4c2C1=O)CCC3. The zero-order valence-electron chi connectivity index (χ0n) is 14.5. The van der Waals surface area contributed by atoms with E-state index in [2.05, 4.69) is 4.98 Å². The Labute approximate surface area is 161 Å². The van der Waals surface area contributed by atoms with Crippen molar-refractivity contribution in [3.8, 4) is 0 Å². The highest BCUT2D eigenvalue weighted by Gasteiger charge is 2.44. The second kappa shape index (κ2) is 6.18. The van der Waals surface area contributed by atoms with E-state index in [1.54, 1.807) is 0 Å². The van der Waals surface area contributed by atoms with Gasteiger partial charge in [-0.25, -0.2) is 4.90 Å². The quantitative estimate of drug-likeness (QED) is 0.665. The number of carbonyl (C=O) groups excluding carboxylic acids is 3. The number of amides is 3. The van der Waals surface area contributed by atoms with Gasteiger partial charge in [0.15, 0.2) is 0 Å². The van der Waals surface area contributed by atoms with Crippen molar-refractivity contribution in [1.29, 1.82) is 0 Å². The highest BCUT2D eigenvalue weighted by Crippen LogP contribution is 2.43. The second-order valence-corrected chi connectivity index (χ2v) is 6.86. The van der Waals surface area contributed by atoms with Crippen LogP contribution in [-0.2, 0) is 17.6 Å². The summed E-state index contributed by atoms with van der Waals surface area (Å²) in [7, 11) is 0. The molecule has 0 saturated carbocycles. The van der Waals surface area contributed by atoms with E-state index in [9.17, 15) is 14.4 Å². The summed E-state index contributed by atoms with van der Waals surface area (Å²) in [6, 6.07) is 7.75. The maximum absolute atomic E-state index is 13.1. The number of H-pyrrole nitrogens is 1. The molecule has 3 aromatic rings. The average molecular weight is 384 g/mol. The van der Waals surface area contributed by atoms with Crippen LogP contribution in [0, 0.1) is 0 Å². The Kier molecular flexibility index (Phi) is 4.05. The van der Waals surface area contributed by atoms with Crippen molar-refractivity contribution in [3.63, 3.8) is 0 Å². The van der Waals surface area contributed by atoms with Crippen molar-refractivity contribution in [1.82, 2.24) is 9.88 Å². The van der Waals surface area contributed by atoms with Gasteiger partial charge in [-0.3, -0.25) is 14.4 Å². The van der Waals surface area contributed by atoms with Crippen LogP contribution in [0.3, 0.4) is 0 Å². The number of carbonyl (C=O) groups is 3. The second-order valence-electron chi connectivity index (χ2n) is 6.86. The number of imide groups is 3. The molecule has 0 radical (unpaired) electrons. The maximum atomic E-state index is 13.1. The summed E-state index contributed by atoms with van der Waals surface area (Å²) in [5.74, 6) is -1.54. The van der Waals surface area contributed by atoms with Gasteiger partial charge in [0.2, 0.25) is 5.91 Å². The summed E-state index contributed by atoms with van der Waals surface area (Å²) >= 11 is 0. The molecule has 1 aromatic heterocycles. The third kappa shape index (κ3) is 2.20. The van der Waals surface area contributed by atoms with E-state index in [-0.39, 0.29) is 25.4 Å². The van der Waals surface area contributed by atoms with Crippen LogP contribution < -0.4 is 5.73 Å². The molecule has 138 valence electrons. The predicted molar refractivity (Wildman–Crippen MR) is 104 cm³/mol. The number of benzene rings is 2. The van der Waals surface area contributed by atoms with Gasteiger partial charge in [-0.05, 0) is 36.5 Å². The lowest BCUT2D eigenvalue weighted by Gasteiger charge is -2.10. The number of para-hydroxylation sites is 1. The third-order valence-electron chi connectivity index (χ3n) is 5.47. The van der Waals surface area contributed by atoms with E-state index in [0.717, 1.165) is 57.1 Å². The molecule has 1 aliphatic heterocycles. The lowest BCUT2D eigenvalue weighted by atomic mass is 9.94. The fraction of sp³-hybridized carbons (Fsp3) is 0.250. The number of aromatic amines is 1. The number of rotatable bonds is 2. The molecule has 7 heteroatoms. The predicted octanol–water partition coefficient (Wildman–Crippen LogP) is 2.70. The van der Waals surface area contributed by atoms with E-state index < -0.39 is 17.7 Å². The Balaban J connectivity index is 0.00000180. The minimum atomic E-state index is -0.529. The van der Waals surface area contributed by atoms with Crippen LogP contribution in [0.2, 0.25) is 0 Å². The molecule has 5 rings (SSSR count). The van der Waals surface area contributed by atoms with E-state index in [4.69, 9.17) is 5.73 Å². The first-order valence-corrected chi connectivity index (χ1v) is 8.83. The molecular formula is C20H18ClN3O3. The molecule has 0 unspecified atom stereocenters. The van der Waals surface area contributed by atoms with Crippen molar-refractivity contribution in [2.24, 2.45) is 5.73 Å². The fourth-order valence-electron chi connectivity index (χ4n) is 4.43. The molecule has 3 amide bonds. The molecule has 6 nitrogen and oxygen atoms in total. The van der Waals surface area contributed by atoms with Crippen LogP contribution in [-0.4, -0.2) is 34.2 Å². The number of nitrogens with one attached hydrogen (secondary N) is 1. The molecule has 1 aliphatic carbocycles. The van der Waals surface area contributed by atoms with Gasteiger partial charge in [-0.2, -0.15) is 0 Å². The lowest BCUT2D eigenvalue weighted by Crippen LogP contribution is -2.37. The number of fused-ring (bicyclic) bond motifs is 8. The maximum Gasteiger partial charge on any atom is 0.269 e. The van der Waals surface area contributed by atoms with Crippen molar-refractivity contribution in [2.45, 2.75) is 25.7 Å². The van der Waals surface area contributed by atoms with Crippen LogP contribution in [0.1, 0.15) is 44.7 Å². The molecule has 0 spiro atoms. The number of aromatic nitrogens is 1. The molecule has 2 aliphatic rings. The number of halogens is 1. The number of hydrogen-bond donors (Lipinski definition) is 2. The van der Waals surface area contributed by atoms with E-state index in [1.165, 1.54) is 0 Å². The van der Waals surface area contributed by atoms with Crippen LogP contribution in [0.15, 0.2) is 24.3 Å². The standard InChI is InChI=1S/C20H17N3O3.ClH/c21-9-8-14(24)23-19(25)16-10-5-3-6-11(10)18-15(17(16)20(23)26)12-4-1-2-7-13(12)22-18;/h1-2,4,7,22H,3,5-6,8-9,21H2;1H. The topological polar surface area (TPSA) is 96.3 Å². The van der Waals surface area contributed by atoms with Crippen molar-refractivity contribution in [3.05, 3.63) is 46.5 Å². The molecule has 3 N–H and O–H groups in total. The minimum Gasteiger partial charge on any atom is -0.354 e. The molecule has 27 heavy (non-hydrogen) atoms. The zero-order valence-corrected chi connectivity index (χ0v) is 15.3. The van der Waals surface area contributed by atoms with Crippen LogP contribution in [0.4, 0.5) is 0 Å². The molecule has 0 atom stereocenters. The van der Waals surface area contributed by atoms with Crippen LogP contribution >= 0.6 is 12.4 Å². The van der Waals surface area contributed by atoms with Gasteiger partial charge in [0.05, 0.1) is 16.6 Å². The number of nitrogens with two attached hydrogens (primary N) is 1. The Morgan fingerprint density at radius 1 is 1.07 bits per heavy atom. The normalized spacial score (nSPS) is 15.4. The monoisotopic (exact) mass is 383 g/mol. The zero-order chi connectivity index (χ0) is 18.0. The van der Waals surface area contributed by atoms with Gasteiger partial charge in [0, 0.05) is 29.3 Å². The number of aryl methyl sites for hydroxylation is 1. The summed E-state index contributed by atoms with van der Waals surface area (Å²) in [5.41, 5.74) is 10.1. The third-order valence-corrected chi connectivity index (χ3v) is 5.47. The highest BCUT2D eigenvalue weighted by atomic mass is 35.5. The smallest absolute Gasteiger partial charge is 0.269 e. The molecule has 0 saturated heterocycles. The van der Waals surface area contributed by atoms with Crippen LogP contribution in [0.5, 0.6) is 0 Å². The Bertz CT molecular complexity index is 1150. The van der Waals surface area contributed by atoms with Gasteiger partial charge in [0.1, 0.15) is 0 Å². The van der Waals surface area contributed by atoms with Crippen molar-refractivity contribution in [2.75, 3.05) is 6.54 Å². The average Bonchev–Trinajstić information content (AvgIpc) is 3.30. The van der Waals surface area contributed by atoms with Gasteiger partial charge in [-0.15, -0.1) is 12.4 Å². The highest BCUT2D eigenvalue weighted by molar-refractivity contribution is 6.35. The largest absolute Gasteiger partial charge is 0.354 e. The molecular weight excluding hydrogens is 366 g/mol. The Morgan fingerprint density at radius 2 is 1.78 bits per heavy atom. The Hall–Kier alpha value is -2.70. The lowest BCUT2D eigenvalue weighted by molar-refractivity contribution is -0.126. The minimum absolute atomic E-state index is 0. The summed E-state index contributed by atoms with van der Waals surface area (Å²) in [5, 5.41) is 1.67. The molecule has 2 heterocycles. The first-order chi connectivity index (χ1) is 12.6. The van der Waals surface area contributed by atoms with Crippen LogP contribution in [0.25, 0.3) is 21.8 Å². The fourth-order valence-corrected chi connectivity index (χ4v) is 4.43. The van der Waals surface area contributed by atoms with Crippen molar-refractivity contribution < 1.29 is 14.4 Å². The molecule has 2 aromatic carbocycles. The summed E-state index contributed by atoms with van der Waals surface area (Å²) in [6.45, 7) is 0.104. The number of hydrogen-bond acceptors (Lipinski definition) is 4. The summed E-state index contributed by atoms with van der Waals surface area (Å²) in [4.78, 5) is 42.7. The summed E-state index contributed by atoms with van der Waals surface area (Å²) in [6.07, 6.45) is 2.53. The van der Waals surface area contributed by atoms with E-state index >= 15 is 0 Å². The Morgan fingerprint density at radius 3 is 2.56 bits per heavy atom. The van der Waals surface area contributed by atoms with Gasteiger partial charge in [0.25, 0.3) is 11.8 Å². The number of nitrogens with zero attached hydrogens (tertiary/aromatic N) is 1. The van der Waals surface area contributed by atoms with Gasteiger partial charge < -0.3 is 10.7 Å². The van der Waals surface area contributed by atoms with Gasteiger partial charge in [-0.1, -0.05) is 18.2 Å². The van der Waals surface area contributed by atoms with E-state index in [0.29, 0.717) is 11.1 Å². The molecule has 0 bridgehead atoms. The first kappa shape index (κ1) is 17.7. The van der Waals surface area contributed by atoms with E-state index in [1.807, 2.05) is 24.3 Å². The molecule has 0 fully saturated rings. The van der Waals surface area contributed by atoms with Crippen molar-refractivity contribution >= 4 is 51.9 Å². The first-order valence-electron chi connectivity index (χ1n) is 8.83.